The number of hydrogen-bond donors (Lipinski definition) is 0. The molecule has 1 aromatic carbocycles. The van der Waals surface area contributed by atoms with Gasteiger partial charge in [-0.1, -0.05) is 19.9 Å². The van der Waals surface area contributed by atoms with E-state index in [1.165, 1.54) is 29.6 Å². The van der Waals surface area contributed by atoms with Crippen LogP contribution in [-0.4, -0.2) is 25.8 Å². The lowest BCUT2D eigenvalue weighted by Crippen LogP contribution is -2.36. The van der Waals surface area contributed by atoms with Crippen LogP contribution in [0.15, 0.2) is 23.1 Å². The Labute approximate surface area is 125 Å². The van der Waals surface area contributed by atoms with E-state index in [-0.39, 0.29) is 16.8 Å². The van der Waals surface area contributed by atoms with E-state index >= 15 is 0 Å². The van der Waals surface area contributed by atoms with Crippen LogP contribution >= 0.6 is 11.6 Å². The zero-order chi connectivity index (χ0) is 15.5. The maximum Gasteiger partial charge on any atom is 0.245 e. The number of nitrogens with zero attached hydrogens (tertiary/aromatic N) is 1. The Morgan fingerprint density at radius 3 is 2.35 bits per heavy atom. The van der Waals surface area contributed by atoms with Crippen molar-refractivity contribution in [3.63, 3.8) is 0 Å². The number of alkyl halides is 1. The van der Waals surface area contributed by atoms with Crippen LogP contribution in [0.5, 0.6) is 0 Å². The van der Waals surface area contributed by atoms with Gasteiger partial charge < -0.3 is 0 Å². The van der Waals surface area contributed by atoms with Crippen LogP contribution < -0.4 is 0 Å². The molecule has 0 aliphatic heterocycles. The summed E-state index contributed by atoms with van der Waals surface area (Å²) in [6.45, 7) is 5.86. The van der Waals surface area contributed by atoms with Crippen molar-refractivity contribution in [2.75, 3.05) is 7.05 Å². The zero-order valence-electron chi connectivity index (χ0n) is 12.2. The molecular formula is C14H21ClFNO2S. The molecule has 0 aromatic heterocycles. The van der Waals surface area contributed by atoms with Gasteiger partial charge in [0.2, 0.25) is 10.0 Å². The maximum atomic E-state index is 14.0. The van der Waals surface area contributed by atoms with Crippen molar-refractivity contribution in [3.05, 3.63) is 29.6 Å². The monoisotopic (exact) mass is 321 g/mol. The molecule has 1 aromatic rings. The minimum atomic E-state index is -3.82. The summed E-state index contributed by atoms with van der Waals surface area (Å²) in [7, 11) is -2.34. The lowest BCUT2D eigenvalue weighted by atomic mass is 10.1. The summed E-state index contributed by atoms with van der Waals surface area (Å²) in [5.41, 5.74) is 0.556. The van der Waals surface area contributed by atoms with Crippen molar-refractivity contribution in [1.29, 1.82) is 0 Å². The highest BCUT2D eigenvalue weighted by Crippen LogP contribution is 2.23. The molecule has 0 saturated heterocycles. The highest BCUT2D eigenvalue weighted by atomic mass is 35.5. The minimum absolute atomic E-state index is 0.150. The van der Waals surface area contributed by atoms with Gasteiger partial charge in [-0.25, -0.2) is 12.8 Å². The minimum Gasteiger partial charge on any atom is -0.207 e. The van der Waals surface area contributed by atoms with E-state index in [0.29, 0.717) is 11.5 Å². The largest absolute Gasteiger partial charge is 0.245 e. The normalized spacial score (nSPS) is 14.0. The third-order valence-electron chi connectivity index (χ3n) is 3.24. The van der Waals surface area contributed by atoms with Gasteiger partial charge in [-0.05, 0) is 37.0 Å². The van der Waals surface area contributed by atoms with E-state index in [0.717, 1.165) is 6.42 Å². The lowest BCUT2D eigenvalue weighted by molar-refractivity contribution is 0.336. The highest BCUT2D eigenvalue weighted by molar-refractivity contribution is 7.89. The van der Waals surface area contributed by atoms with E-state index in [9.17, 15) is 12.8 Å². The number of benzene rings is 1. The first-order valence-electron chi connectivity index (χ1n) is 6.52. The van der Waals surface area contributed by atoms with E-state index in [2.05, 4.69) is 0 Å². The Morgan fingerprint density at radius 2 is 1.90 bits per heavy atom. The molecule has 0 aliphatic rings. The third-order valence-corrected chi connectivity index (χ3v) is 5.55. The Kier molecular flexibility index (Phi) is 5.98. The summed E-state index contributed by atoms with van der Waals surface area (Å²) >= 11 is 5.61. The van der Waals surface area contributed by atoms with Crippen LogP contribution in [0.4, 0.5) is 4.39 Å². The molecule has 6 heteroatoms. The molecule has 114 valence electrons. The Bertz CT molecular complexity index is 560. The van der Waals surface area contributed by atoms with Gasteiger partial charge in [0.15, 0.2) is 0 Å². The predicted molar refractivity (Wildman–Crippen MR) is 79.8 cm³/mol. The Hall–Kier alpha value is -0.650. The summed E-state index contributed by atoms with van der Waals surface area (Å²) in [5.74, 6) is -0.241. The first-order valence-corrected chi connectivity index (χ1v) is 8.50. The molecule has 1 unspecified atom stereocenters. The molecule has 0 heterocycles. The van der Waals surface area contributed by atoms with Crippen LogP contribution in [0.25, 0.3) is 0 Å². The fraction of sp³-hybridized carbons (Fsp3) is 0.571. The Morgan fingerprint density at radius 1 is 1.30 bits per heavy atom. The third kappa shape index (κ3) is 3.93. The van der Waals surface area contributed by atoms with Gasteiger partial charge >= 0.3 is 0 Å². The molecule has 0 amide bonds. The van der Waals surface area contributed by atoms with Gasteiger partial charge in [0.1, 0.15) is 10.7 Å². The van der Waals surface area contributed by atoms with Gasteiger partial charge in [-0.3, -0.25) is 0 Å². The smallest absolute Gasteiger partial charge is 0.207 e. The van der Waals surface area contributed by atoms with Crippen LogP contribution in [0.1, 0.15) is 32.8 Å². The molecule has 1 rings (SSSR count). The molecule has 3 nitrogen and oxygen atoms in total. The van der Waals surface area contributed by atoms with E-state index in [4.69, 9.17) is 11.6 Å². The first-order chi connectivity index (χ1) is 9.20. The van der Waals surface area contributed by atoms with Gasteiger partial charge in [0.05, 0.1) is 0 Å². The number of rotatable bonds is 6. The van der Waals surface area contributed by atoms with Crippen molar-refractivity contribution in [1.82, 2.24) is 4.31 Å². The fourth-order valence-corrected chi connectivity index (χ4v) is 3.64. The summed E-state index contributed by atoms with van der Waals surface area (Å²) in [6, 6.07) is 3.79. The van der Waals surface area contributed by atoms with Crippen molar-refractivity contribution >= 4 is 21.6 Å². The van der Waals surface area contributed by atoms with Crippen LogP contribution in [0, 0.1) is 11.7 Å². The van der Waals surface area contributed by atoms with Crippen molar-refractivity contribution in [3.8, 4) is 0 Å². The number of hydrogen-bond acceptors (Lipinski definition) is 2. The summed E-state index contributed by atoms with van der Waals surface area (Å²) in [5, 5.41) is 0. The lowest BCUT2D eigenvalue weighted by Gasteiger charge is -2.25. The molecule has 0 bridgehead atoms. The predicted octanol–water partition coefficient (Wildman–Crippen LogP) is 3.62. The molecule has 0 N–H and O–H groups in total. The number of sulfonamides is 1. The SMILES string of the molecule is CC(C)CC(C)N(C)S(=O)(=O)c1ccc(CCl)cc1F. The number of halogens is 2. The standard InChI is InChI=1S/C14H21ClFNO2S/c1-10(2)7-11(3)17(4)20(18,19)14-6-5-12(9-15)8-13(14)16/h5-6,8,10-11H,7,9H2,1-4H3. The second-order valence-corrected chi connectivity index (χ2v) is 7.63. The van der Waals surface area contributed by atoms with E-state index < -0.39 is 15.8 Å². The quantitative estimate of drug-likeness (QED) is 0.750. The molecule has 0 spiro atoms. The Balaban J connectivity index is 3.10. The highest BCUT2D eigenvalue weighted by Gasteiger charge is 2.28. The van der Waals surface area contributed by atoms with Gasteiger partial charge in [-0.15, -0.1) is 11.6 Å². The maximum absolute atomic E-state index is 14.0. The molecular weight excluding hydrogens is 301 g/mol. The van der Waals surface area contributed by atoms with Crippen molar-refractivity contribution in [2.24, 2.45) is 5.92 Å². The molecule has 20 heavy (non-hydrogen) atoms. The van der Waals surface area contributed by atoms with Crippen LogP contribution in [0.3, 0.4) is 0 Å². The molecule has 0 fully saturated rings. The zero-order valence-corrected chi connectivity index (χ0v) is 13.8. The molecule has 0 aliphatic carbocycles. The van der Waals surface area contributed by atoms with Gasteiger partial charge in [-0.2, -0.15) is 4.31 Å². The second kappa shape index (κ2) is 6.87. The van der Waals surface area contributed by atoms with Crippen molar-refractivity contribution in [2.45, 2.75) is 44.0 Å². The average molecular weight is 322 g/mol. The summed E-state index contributed by atoms with van der Waals surface area (Å²) in [4.78, 5) is -0.301. The van der Waals surface area contributed by atoms with Gasteiger partial charge in [0.25, 0.3) is 0 Å². The first kappa shape index (κ1) is 17.4. The summed E-state index contributed by atoms with van der Waals surface area (Å²) in [6.07, 6.45) is 0.719. The summed E-state index contributed by atoms with van der Waals surface area (Å²) < 4.78 is 40.0. The molecule has 1 atom stereocenters. The van der Waals surface area contributed by atoms with Crippen LogP contribution in [-0.2, 0) is 15.9 Å². The van der Waals surface area contributed by atoms with Crippen molar-refractivity contribution < 1.29 is 12.8 Å². The van der Waals surface area contributed by atoms with E-state index in [1.807, 2.05) is 20.8 Å². The van der Waals surface area contributed by atoms with E-state index in [1.54, 1.807) is 0 Å². The topological polar surface area (TPSA) is 37.4 Å². The average Bonchev–Trinajstić information content (AvgIpc) is 2.36. The van der Waals surface area contributed by atoms with Gasteiger partial charge in [0, 0.05) is 19.0 Å². The molecule has 0 radical (unpaired) electrons. The molecule has 0 saturated carbocycles. The fourth-order valence-electron chi connectivity index (χ4n) is 2.06. The second-order valence-electron chi connectivity index (χ2n) is 5.40. The van der Waals surface area contributed by atoms with Crippen LogP contribution in [0.2, 0.25) is 0 Å².